The standard InChI is InChI=1S/C26H33N7S/c1-4-6-7-8-22(5-2)19-33(34-26-13-14-29-30-26)16-15-32(20-25-18-28-21-31(25)3)24-11-9-23(17-27)10-12-24/h4-14,21,25H,15-16,18-20H2,1-3H3,(H,29,30)/b6-4-,8-7-,22-5+. The van der Waals surface area contributed by atoms with Gasteiger partial charge in [-0.3, -0.25) is 10.1 Å². The highest BCUT2D eigenvalue weighted by Crippen LogP contribution is 2.23. The lowest BCUT2D eigenvalue weighted by Crippen LogP contribution is -2.43. The van der Waals surface area contributed by atoms with E-state index in [9.17, 15) is 5.26 Å². The number of rotatable bonds is 12. The monoisotopic (exact) mass is 475 g/mol. The van der Waals surface area contributed by atoms with Gasteiger partial charge in [-0.2, -0.15) is 10.4 Å². The summed E-state index contributed by atoms with van der Waals surface area (Å²) in [6, 6.07) is 12.4. The first kappa shape index (κ1) is 25.3. The van der Waals surface area contributed by atoms with Crippen LogP contribution in [-0.2, 0) is 0 Å². The Morgan fingerprint density at radius 1 is 1.24 bits per heavy atom. The molecule has 0 fully saturated rings. The Labute approximate surface area is 207 Å². The number of aliphatic imine (C=N–C) groups is 1. The number of aromatic nitrogens is 2. The molecule has 178 valence electrons. The van der Waals surface area contributed by atoms with Crippen LogP contribution in [0.5, 0.6) is 0 Å². The molecule has 7 nitrogen and oxygen atoms in total. The van der Waals surface area contributed by atoms with Gasteiger partial charge in [0.15, 0.2) is 0 Å². The number of H-pyrrole nitrogens is 1. The molecule has 2 aromatic rings. The van der Waals surface area contributed by atoms with E-state index in [1.807, 2.05) is 55.7 Å². The van der Waals surface area contributed by atoms with Crippen molar-refractivity contribution in [2.24, 2.45) is 4.99 Å². The molecule has 0 saturated carbocycles. The summed E-state index contributed by atoms with van der Waals surface area (Å²) in [6.07, 6.45) is 14.2. The summed E-state index contributed by atoms with van der Waals surface area (Å²) in [4.78, 5) is 9.01. The minimum Gasteiger partial charge on any atom is -0.368 e. The third kappa shape index (κ3) is 7.65. The summed E-state index contributed by atoms with van der Waals surface area (Å²) in [5.41, 5.74) is 3.04. The number of hydrogen-bond donors (Lipinski definition) is 1. The van der Waals surface area contributed by atoms with Gasteiger partial charge in [0.05, 0.1) is 30.6 Å². The highest BCUT2D eigenvalue weighted by Gasteiger charge is 2.21. The maximum Gasteiger partial charge on any atom is 0.106 e. The maximum absolute atomic E-state index is 9.20. The number of nitrogens with zero attached hydrogens (tertiary/aromatic N) is 6. The average molecular weight is 476 g/mol. The normalized spacial score (nSPS) is 16.3. The zero-order chi connectivity index (χ0) is 24.2. The maximum atomic E-state index is 9.20. The fourth-order valence-corrected chi connectivity index (χ4v) is 4.47. The van der Waals surface area contributed by atoms with Crippen molar-refractivity contribution in [3.05, 3.63) is 78.0 Å². The molecule has 1 atom stereocenters. The summed E-state index contributed by atoms with van der Waals surface area (Å²) in [7, 11) is 2.08. The van der Waals surface area contributed by atoms with Crippen molar-refractivity contribution in [2.45, 2.75) is 24.9 Å². The molecule has 1 N–H and O–H groups in total. The van der Waals surface area contributed by atoms with Crippen LogP contribution in [0.1, 0.15) is 19.4 Å². The Morgan fingerprint density at radius 3 is 2.68 bits per heavy atom. The summed E-state index contributed by atoms with van der Waals surface area (Å²) < 4.78 is 2.36. The zero-order valence-corrected chi connectivity index (χ0v) is 20.9. The Bertz CT molecular complexity index is 1030. The number of benzene rings is 1. The molecule has 0 aliphatic carbocycles. The van der Waals surface area contributed by atoms with Gasteiger partial charge in [-0.05, 0) is 61.7 Å². The summed E-state index contributed by atoms with van der Waals surface area (Å²) in [5, 5.41) is 17.4. The van der Waals surface area contributed by atoms with E-state index in [4.69, 9.17) is 0 Å². The molecule has 2 heterocycles. The third-order valence-corrected chi connectivity index (χ3v) is 6.61. The Balaban J connectivity index is 1.75. The number of aromatic amines is 1. The van der Waals surface area contributed by atoms with Crippen LogP contribution in [0.15, 0.2) is 82.5 Å². The Kier molecular flexibility index (Phi) is 10.0. The van der Waals surface area contributed by atoms with Gasteiger partial charge in [-0.15, -0.1) is 0 Å². The van der Waals surface area contributed by atoms with Crippen molar-refractivity contribution < 1.29 is 0 Å². The lowest BCUT2D eigenvalue weighted by atomic mass is 10.2. The van der Waals surface area contributed by atoms with Gasteiger partial charge >= 0.3 is 0 Å². The van der Waals surface area contributed by atoms with E-state index in [0.717, 1.165) is 43.4 Å². The number of likely N-dealkylation sites (N-methyl/N-ethyl adjacent to an activating group) is 1. The van der Waals surface area contributed by atoms with Crippen molar-refractivity contribution in [1.82, 2.24) is 19.4 Å². The SMILES string of the molecule is C\C=C/C=C\C(=C/C)CN(CCN(CC1CN=CN1C)c1ccc(C#N)cc1)Sc1ccn[nH]1. The molecule has 1 aromatic heterocycles. The molecule has 1 unspecified atom stereocenters. The van der Waals surface area contributed by atoms with Gasteiger partial charge in [0.2, 0.25) is 0 Å². The lowest BCUT2D eigenvalue weighted by molar-refractivity contribution is 0.402. The fraction of sp³-hybridized carbons (Fsp3) is 0.346. The second kappa shape index (κ2) is 13.4. The molecular formula is C26H33N7S. The van der Waals surface area contributed by atoms with Crippen LogP contribution in [0.4, 0.5) is 5.69 Å². The lowest BCUT2D eigenvalue weighted by Gasteiger charge is -2.32. The molecule has 8 heteroatoms. The van der Waals surface area contributed by atoms with Gasteiger partial charge in [-0.25, -0.2) is 4.31 Å². The zero-order valence-electron chi connectivity index (χ0n) is 20.1. The topological polar surface area (TPSA) is 74.5 Å². The van der Waals surface area contributed by atoms with Gasteiger partial charge in [0, 0.05) is 45.1 Å². The fourth-order valence-electron chi connectivity index (χ4n) is 3.59. The minimum atomic E-state index is 0.333. The van der Waals surface area contributed by atoms with Crippen LogP contribution < -0.4 is 4.90 Å². The minimum absolute atomic E-state index is 0.333. The highest BCUT2D eigenvalue weighted by molar-refractivity contribution is 7.97. The molecule has 34 heavy (non-hydrogen) atoms. The molecular weight excluding hydrogens is 442 g/mol. The molecule has 0 bridgehead atoms. The molecule has 1 aromatic carbocycles. The van der Waals surface area contributed by atoms with Gasteiger partial charge < -0.3 is 9.80 Å². The van der Waals surface area contributed by atoms with Crippen LogP contribution in [0.3, 0.4) is 0 Å². The molecule has 0 saturated heterocycles. The molecule has 0 amide bonds. The molecule has 3 rings (SSSR count). The first-order chi connectivity index (χ1) is 16.6. The first-order valence-electron chi connectivity index (χ1n) is 11.5. The average Bonchev–Trinajstić information content (AvgIpc) is 3.52. The van der Waals surface area contributed by atoms with Crippen LogP contribution in [0.2, 0.25) is 0 Å². The van der Waals surface area contributed by atoms with Crippen LogP contribution in [-0.4, -0.2) is 71.6 Å². The second-order valence-corrected chi connectivity index (χ2v) is 9.17. The van der Waals surface area contributed by atoms with E-state index in [0.29, 0.717) is 11.6 Å². The smallest absolute Gasteiger partial charge is 0.106 e. The summed E-state index contributed by atoms with van der Waals surface area (Å²) in [6.45, 7) is 8.25. The predicted octanol–water partition coefficient (Wildman–Crippen LogP) is 4.52. The van der Waals surface area contributed by atoms with E-state index in [-0.39, 0.29) is 0 Å². The van der Waals surface area contributed by atoms with Crippen molar-refractivity contribution >= 4 is 24.0 Å². The van der Waals surface area contributed by atoms with Crippen molar-refractivity contribution in [3.8, 4) is 6.07 Å². The predicted molar refractivity (Wildman–Crippen MR) is 142 cm³/mol. The number of hydrogen-bond acceptors (Lipinski definition) is 7. The summed E-state index contributed by atoms with van der Waals surface area (Å²) in [5.74, 6) is 0. The van der Waals surface area contributed by atoms with E-state index in [2.05, 4.69) is 67.6 Å². The Morgan fingerprint density at radius 2 is 2.06 bits per heavy atom. The molecule has 1 aliphatic rings. The first-order valence-corrected chi connectivity index (χ1v) is 12.2. The van der Waals surface area contributed by atoms with Crippen molar-refractivity contribution in [3.63, 3.8) is 0 Å². The summed E-state index contributed by atoms with van der Waals surface area (Å²) >= 11 is 1.68. The largest absolute Gasteiger partial charge is 0.368 e. The Hall–Kier alpha value is -3.28. The molecule has 0 spiro atoms. The number of nitriles is 1. The third-order valence-electron chi connectivity index (χ3n) is 5.61. The van der Waals surface area contributed by atoms with E-state index >= 15 is 0 Å². The van der Waals surface area contributed by atoms with E-state index in [1.54, 1.807) is 18.1 Å². The van der Waals surface area contributed by atoms with Crippen molar-refractivity contribution in [1.29, 1.82) is 5.26 Å². The number of allylic oxidation sites excluding steroid dienone is 4. The van der Waals surface area contributed by atoms with E-state index in [1.165, 1.54) is 5.57 Å². The van der Waals surface area contributed by atoms with E-state index < -0.39 is 0 Å². The van der Waals surface area contributed by atoms with Crippen LogP contribution in [0.25, 0.3) is 0 Å². The number of nitrogens with one attached hydrogen (secondary N) is 1. The molecule has 1 aliphatic heterocycles. The van der Waals surface area contributed by atoms with Crippen LogP contribution in [0, 0.1) is 11.3 Å². The van der Waals surface area contributed by atoms with Gasteiger partial charge in [0.25, 0.3) is 0 Å². The second-order valence-electron chi connectivity index (χ2n) is 8.03. The highest BCUT2D eigenvalue weighted by atomic mass is 32.2. The number of anilines is 1. The molecule has 0 radical (unpaired) electrons. The quantitative estimate of drug-likeness (QED) is 0.359. The van der Waals surface area contributed by atoms with Gasteiger partial charge in [-0.1, -0.05) is 30.4 Å². The van der Waals surface area contributed by atoms with Crippen LogP contribution >= 0.6 is 11.9 Å². The van der Waals surface area contributed by atoms with Gasteiger partial charge in [0.1, 0.15) is 5.03 Å². The van der Waals surface area contributed by atoms with Crippen molar-refractivity contribution in [2.75, 3.05) is 44.7 Å².